The van der Waals surface area contributed by atoms with Crippen LogP contribution in [-0.2, 0) is 6.42 Å². The molecule has 3 nitrogen and oxygen atoms in total. The van der Waals surface area contributed by atoms with Gasteiger partial charge in [0.25, 0.3) is 0 Å². The molecule has 0 saturated heterocycles. The molecule has 0 radical (unpaired) electrons. The summed E-state index contributed by atoms with van der Waals surface area (Å²) >= 11 is 0. The predicted molar refractivity (Wildman–Crippen MR) is 84.4 cm³/mol. The summed E-state index contributed by atoms with van der Waals surface area (Å²) in [6, 6.07) is 0.718. The fourth-order valence-corrected chi connectivity index (χ4v) is 6.63. The molecule has 1 N–H and O–H groups in total. The van der Waals surface area contributed by atoms with Crippen molar-refractivity contribution in [1.29, 1.82) is 0 Å². The normalized spacial score (nSPS) is 43.7. The van der Waals surface area contributed by atoms with E-state index in [9.17, 15) is 0 Å². The van der Waals surface area contributed by atoms with Gasteiger partial charge in [-0.2, -0.15) is 0 Å². The second-order valence-electron chi connectivity index (χ2n) is 8.33. The number of nitrogens with zero attached hydrogens (tertiary/aromatic N) is 2. The second-order valence-corrected chi connectivity index (χ2v) is 8.33. The van der Waals surface area contributed by atoms with Gasteiger partial charge in [-0.15, -0.1) is 0 Å². The molecule has 4 bridgehead atoms. The Balaban J connectivity index is 1.55. The Morgan fingerprint density at radius 3 is 2.48 bits per heavy atom. The summed E-state index contributed by atoms with van der Waals surface area (Å²) in [5.41, 5.74) is 1.87. The van der Waals surface area contributed by atoms with Gasteiger partial charge < -0.3 is 9.88 Å². The molecule has 1 aliphatic heterocycles. The fraction of sp³-hybridized carbons (Fsp3) is 0.833. The minimum atomic E-state index is 0.608. The van der Waals surface area contributed by atoms with Gasteiger partial charge in [0.15, 0.2) is 0 Å². The molecule has 2 heterocycles. The summed E-state index contributed by atoms with van der Waals surface area (Å²) in [4.78, 5) is 4.80. The summed E-state index contributed by atoms with van der Waals surface area (Å²) in [5, 5.41) is 3.53. The maximum atomic E-state index is 4.80. The van der Waals surface area contributed by atoms with E-state index in [-0.39, 0.29) is 0 Å². The van der Waals surface area contributed by atoms with Crippen molar-refractivity contribution in [2.24, 2.45) is 23.2 Å². The average Bonchev–Trinajstić information content (AvgIpc) is 2.88. The number of imidazole rings is 1. The van der Waals surface area contributed by atoms with Crippen LogP contribution in [-0.4, -0.2) is 16.1 Å². The lowest BCUT2D eigenvalue weighted by Gasteiger charge is -2.60. The lowest BCUT2D eigenvalue weighted by atomic mass is 9.47. The van der Waals surface area contributed by atoms with E-state index in [1.165, 1.54) is 31.4 Å². The second kappa shape index (κ2) is 4.27. The summed E-state index contributed by atoms with van der Waals surface area (Å²) < 4.78 is 2.54. The van der Waals surface area contributed by atoms with E-state index in [1.807, 2.05) is 0 Å². The summed E-state index contributed by atoms with van der Waals surface area (Å²) in [7, 11) is 0. The van der Waals surface area contributed by atoms with Crippen molar-refractivity contribution in [2.45, 2.75) is 64.3 Å². The Hall–Kier alpha value is -0.990. The quantitative estimate of drug-likeness (QED) is 0.889. The third-order valence-electron chi connectivity index (χ3n) is 6.97. The van der Waals surface area contributed by atoms with Gasteiger partial charge in [0, 0.05) is 18.8 Å². The zero-order chi connectivity index (χ0) is 14.0. The van der Waals surface area contributed by atoms with Gasteiger partial charge in [-0.05, 0) is 74.5 Å². The van der Waals surface area contributed by atoms with E-state index in [0.717, 1.165) is 42.7 Å². The average molecular weight is 285 g/mol. The van der Waals surface area contributed by atoms with Crippen LogP contribution in [0.15, 0.2) is 6.20 Å². The molecule has 21 heavy (non-hydrogen) atoms. The highest BCUT2D eigenvalue weighted by molar-refractivity contribution is 5.33. The number of rotatable bonds is 2. The standard InChI is InChI=1S/C18H27N3/c1-2-15-11-21-16(3-4-19-17(21)20-15)18-8-12-5-13(9-18)7-14(6-12)10-18/h11-14,16H,2-10H2,1H3,(H,19,20). The SMILES string of the molecule is CCc1cn2c(n1)NCCC2C12CC3CC(CC(C3)C1)C2. The first-order valence-electron chi connectivity index (χ1n) is 9.07. The van der Waals surface area contributed by atoms with E-state index >= 15 is 0 Å². The van der Waals surface area contributed by atoms with Gasteiger partial charge in [-0.25, -0.2) is 4.98 Å². The number of hydrogen-bond acceptors (Lipinski definition) is 2. The van der Waals surface area contributed by atoms with Gasteiger partial charge in [0.1, 0.15) is 0 Å². The number of aromatic nitrogens is 2. The van der Waals surface area contributed by atoms with Crippen LogP contribution in [0.2, 0.25) is 0 Å². The number of fused-ring (bicyclic) bond motifs is 1. The van der Waals surface area contributed by atoms with Crippen LogP contribution in [0.1, 0.15) is 63.6 Å². The number of anilines is 1. The Labute approximate surface area is 127 Å². The Morgan fingerprint density at radius 1 is 1.19 bits per heavy atom. The molecule has 5 aliphatic rings. The highest BCUT2D eigenvalue weighted by Crippen LogP contribution is 2.64. The number of aryl methyl sites for hydroxylation is 1. The first kappa shape index (κ1) is 12.5. The van der Waals surface area contributed by atoms with Gasteiger partial charge >= 0.3 is 0 Å². The third kappa shape index (κ3) is 1.75. The van der Waals surface area contributed by atoms with Gasteiger partial charge in [-0.1, -0.05) is 6.92 Å². The Kier molecular flexibility index (Phi) is 2.55. The molecule has 4 saturated carbocycles. The molecule has 4 aliphatic carbocycles. The molecular formula is C18H27N3. The van der Waals surface area contributed by atoms with Crippen molar-refractivity contribution in [3.63, 3.8) is 0 Å². The Bertz CT molecular complexity index is 524. The third-order valence-corrected chi connectivity index (χ3v) is 6.97. The highest BCUT2D eigenvalue weighted by Gasteiger charge is 2.55. The molecule has 0 amide bonds. The van der Waals surface area contributed by atoms with Crippen LogP contribution in [0.3, 0.4) is 0 Å². The zero-order valence-electron chi connectivity index (χ0n) is 13.1. The van der Waals surface area contributed by atoms with Crippen molar-refractivity contribution in [3.05, 3.63) is 11.9 Å². The lowest BCUT2D eigenvalue weighted by molar-refractivity contribution is -0.0844. The van der Waals surface area contributed by atoms with E-state index in [2.05, 4.69) is 23.0 Å². The number of nitrogens with one attached hydrogen (secondary N) is 1. The van der Waals surface area contributed by atoms with Crippen LogP contribution >= 0.6 is 0 Å². The first-order chi connectivity index (χ1) is 10.3. The largest absolute Gasteiger partial charge is 0.356 e. The molecule has 1 atom stereocenters. The van der Waals surface area contributed by atoms with Crippen molar-refractivity contribution >= 4 is 5.95 Å². The van der Waals surface area contributed by atoms with Crippen molar-refractivity contribution in [1.82, 2.24) is 9.55 Å². The molecule has 6 rings (SSSR count). The van der Waals surface area contributed by atoms with Gasteiger partial charge in [-0.3, -0.25) is 0 Å². The maximum absolute atomic E-state index is 4.80. The zero-order valence-corrected chi connectivity index (χ0v) is 13.1. The highest BCUT2D eigenvalue weighted by atomic mass is 15.2. The van der Waals surface area contributed by atoms with E-state index in [1.54, 1.807) is 19.3 Å². The minimum absolute atomic E-state index is 0.608. The molecule has 1 unspecified atom stereocenters. The molecule has 114 valence electrons. The minimum Gasteiger partial charge on any atom is -0.356 e. The Morgan fingerprint density at radius 2 is 1.86 bits per heavy atom. The smallest absolute Gasteiger partial charge is 0.203 e. The summed E-state index contributed by atoms with van der Waals surface area (Å²) in [6.07, 6.45) is 13.8. The van der Waals surface area contributed by atoms with Crippen molar-refractivity contribution in [3.8, 4) is 0 Å². The van der Waals surface area contributed by atoms with Gasteiger partial charge in [0.05, 0.1) is 5.69 Å². The van der Waals surface area contributed by atoms with Gasteiger partial charge in [0.2, 0.25) is 5.95 Å². The van der Waals surface area contributed by atoms with E-state index < -0.39 is 0 Å². The van der Waals surface area contributed by atoms with Crippen molar-refractivity contribution in [2.75, 3.05) is 11.9 Å². The lowest BCUT2D eigenvalue weighted by Crippen LogP contribution is -2.51. The van der Waals surface area contributed by atoms with Crippen molar-refractivity contribution < 1.29 is 0 Å². The van der Waals surface area contributed by atoms with Crippen LogP contribution in [0.5, 0.6) is 0 Å². The number of hydrogen-bond donors (Lipinski definition) is 1. The molecule has 3 heteroatoms. The molecule has 1 aromatic heterocycles. The van der Waals surface area contributed by atoms with Crippen LogP contribution in [0.25, 0.3) is 0 Å². The van der Waals surface area contributed by atoms with Crippen LogP contribution < -0.4 is 5.32 Å². The molecular weight excluding hydrogens is 258 g/mol. The summed E-state index contributed by atoms with van der Waals surface area (Å²) in [5.74, 6) is 4.29. The molecule has 1 aromatic rings. The van der Waals surface area contributed by atoms with E-state index in [4.69, 9.17) is 4.98 Å². The topological polar surface area (TPSA) is 29.9 Å². The molecule has 4 fully saturated rings. The predicted octanol–water partition coefficient (Wildman–Crippen LogP) is 4.02. The summed E-state index contributed by atoms with van der Waals surface area (Å²) in [6.45, 7) is 3.33. The first-order valence-corrected chi connectivity index (χ1v) is 9.07. The van der Waals surface area contributed by atoms with E-state index in [0.29, 0.717) is 5.41 Å². The van der Waals surface area contributed by atoms with Crippen LogP contribution in [0.4, 0.5) is 5.95 Å². The monoisotopic (exact) mass is 285 g/mol. The fourth-order valence-electron chi connectivity index (χ4n) is 6.63. The maximum Gasteiger partial charge on any atom is 0.203 e. The molecule has 0 aromatic carbocycles. The molecule has 0 spiro atoms. The van der Waals surface area contributed by atoms with Crippen LogP contribution in [0, 0.1) is 23.2 Å².